The molecule has 3 aromatic carbocycles. The minimum absolute atomic E-state index is 0.0375. The third-order valence-electron chi connectivity index (χ3n) is 7.79. The first-order chi connectivity index (χ1) is 18.5. The fraction of sp³-hybridized carbons (Fsp3) is 0.300. The number of amides is 1. The van der Waals surface area contributed by atoms with Crippen molar-refractivity contribution in [3.8, 4) is 11.1 Å². The Morgan fingerprint density at radius 1 is 1.05 bits per heavy atom. The maximum Gasteiger partial charge on any atom is 0.492 e. The standard InChI is InChI=1S/C30H31BClFN2O4/c1-29(2)30(3,4)39-31(38-29)19(13-18-14-26(33)27(34)15-25(18)32)16-35-28(36)37-17-24-22-11-7-5-9-20(22)21-10-6-8-12-23(21)24/h5-15,24H,16-17,34H2,1-4H3,(H,35,36). The topological polar surface area (TPSA) is 82.8 Å². The summed E-state index contributed by atoms with van der Waals surface area (Å²) in [7, 11) is -0.791. The number of nitrogen functional groups attached to an aromatic ring is 1. The van der Waals surface area contributed by atoms with E-state index in [1.807, 2.05) is 52.0 Å². The zero-order valence-electron chi connectivity index (χ0n) is 22.4. The SMILES string of the molecule is CC1(C)OB(C(=Cc2cc(F)c(N)cc2Cl)CNC(=O)OCC2c3ccccc3-c3ccccc32)OC1(C)C. The molecule has 202 valence electrons. The quantitative estimate of drug-likeness (QED) is 0.267. The van der Waals surface area contributed by atoms with E-state index in [-0.39, 0.29) is 29.8 Å². The van der Waals surface area contributed by atoms with Crippen molar-refractivity contribution in [2.75, 3.05) is 18.9 Å². The summed E-state index contributed by atoms with van der Waals surface area (Å²) in [5.41, 5.74) is 9.88. The Balaban J connectivity index is 1.33. The lowest BCUT2D eigenvalue weighted by Crippen LogP contribution is -2.41. The number of hydrogen-bond donors (Lipinski definition) is 2. The molecule has 6 nitrogen and oxygen atoms in total. The number of ether oxygens (including phenoxy) is 1. The zero-order valence-corrected chi connectivity index (χ0v) is 23.1. The monoisotopic (exact) mass is 548 g/mol. The molecule has 0 unspecified atom stereocenters. The largest absolute Gasteiger partial charge is 0.492 e. The van der Waals surface area contributed by atoms with Crippen LogP contribution in [0.2, 0.25) is 5.02 Å². The van der Waals surface area contributed by atoms with Crippen LogP contribution in [0.4, 0.5) is 14.9 Å². The highest BCUT2D eigenvalue weighted by molar-refractivity contribution is 6.56. The van der Waals surface area contributed by atoms with Gasteiger partial charge >= 0.3 is 13.2 Å². The number of nitrogens with one attached hydrogen (secondary N) is 1. The average Bonchev–Trinajstić information content (AvgIpc) is 3.32. The maximum atomic E-state index is 14.2. The van der Waals surface area contributed by atoms with Gasteiger partial charge in [0.1, 0.15) is 12.4 Å². The lowest BCUT2D eigenvalue weighted by atomic mass is 9.77. The Bertz CT molecular complexity index is 1400. The Kier molecular flexibility index (Phi) is 7.22. The molecule has 0 radical (unpaired) electrons. The number of fused-ring (bicyclic) bond motifs is 3. The number of rotatable bonds is 6. The van der Waals surface area contributed by atoms with Gasteiger partial charge in [0.25, 0.3) is 0 Å². The Hall–Kier alpha value is -3.33. The number of nitrogens with two attached hydrogens (primary N) is 1. The Morgan fingerprint density at radius 2 is 1.62 bits per heavy atom. The molecule has 1 amide bonds. The van der Waals surface area contributed by atoms with E-state index in [1.165, 1.54) is 12.1 Å². The van der Waals surface area contributed by atoms with E-state index in [9.17, 15) is 9.18 Å². The van der Waals surface area contributed by atoms with Crippen molar-refractivity contribution in [3.05, 3.63) is 93.7 Å². The van der Waals surface area contributed by atoms with E-state index in [0.717, 1.165) is 22.3 Å². The van der Waals surface area contributed by atoms with Gasteiger partial charge in [0.15, 0.2) is 0 Å². The van der Waals surface area contributed by atoms with Crippen LogP contribution in [-0.2, 0) is 14.0 Å². The van der Waals surface area contributed by atoms with Crippen molar-refractivity contribution >= 4 is 36.6 Å². The van der Waals surface area contributed by atoms with E-state index in [4.69, 9.17) is 31.4 Å². The van der Waals surface area contributed by atoms with Crippen LogP contribution in [0.5, 0.6) is 0 Å². The van der Waals surface area contributed by atoms with Crippen molar-refractivity contribution in [2.45, 2.75) is 44.8 Å². The smallest absolute Gasteiger partial charge is 0.449 e. The molecule has 0 atom stereocenters. The van der Waals surface area contributed by atoms with Crippen LogP contribution in [0.1, 0.15) is 50.3 Å². The van der Waals surface area contributed by atoms with E-state index >= 15 is 0 Å². The number of benzene rings is 3. The van der Waals surface area contributed by atoms with Crippen LogP contribution >= 0.6 is 11.6 Å². The van der Waals surface area contributed by atoms with Crippen LogP contribution in [0.15, 0.2) is 66.1 Å². The van der Waals surface area contributed by atoms with Gasteiger partial charge in [-0.2, -0.15) is 0 Å². The minimum atomic E-state index is -0.791. The van der Waals surface area contributed by atoms with Crippen LogP contribution in [0.25, 0.3) is 17.2 Å². The van der Waals surface area contributed by atoms with Gasteiger partial charge in [0.05, 0.1) is 21.9 Å². The van der Waals surface area contributed by atoms with Gasteiger partial charge in [-0.25, -0.2) is 9.18 Å². The number of anilines is 1. The first-order valence-electron chi connectivity index (χ1n) is 12.9. The molecule has 1 fully saturated rings. The molecule has 1 aliphatic heterocycles. The molecule has 9 heteroatoms. The highest BCUT2D eigenvalue weighted by atomic mass is 35.5. The summed E-state index contributed by atoms with van der Waals surface area (Å²) in [6.45, 7) is 7.94. The van der Waals surface area contributed by atoms with Gasteiger partial charge in [0, 0.05) is 12.5 Å². The molecule has 39 heavy (non-hydrogen) atoms. The van der Waals surface area contributed by atoms with Crippen molar-refractivity contribution in [3.63, 3.8) is 0 Å². The summed E-state index contributed by atoms with van der Waals surface area (Å²) in [4.78, 5) is 12.9. The highest BCUT2D eigenvalue weighted by Gasteiger charge is 2.52. The first kappa shape index (κ1) is 27.2. The summed E-state index contributed by atoms with van der Waals surface area (Å²) in [5.74, 6) is -0.652. The number of hydrogen-bond acceptors (Lipinski definition) is 5. The summed E-state index contributed by atoms with van der Waals surface area (Å²) < 4.78 is 32.3. The second kappa shape index (κ2) is 10.3. The zero-order chi connectivity index (χ0) is 27.9. The summed E-state index contributed by atoms with van der Waals surface area (Å²) in [6, 6.07) is 18.9. The predicted octanol–water partition coefficient (Wildman–Crippen LogP) is 6.61. The van der Waals surface area contributed by atoms with E-state index < -0.39 is 30.2 Å². The summed E-state index contributed by atoms with van der Waals surface area (Å²) >= 11 is 6.35. The third kappa shape index (κ3) is 5.29. The van der Waals surface area contributed by atoms with Gasteiger partial charge < -0.3 is 25.1 Å². The van der Waals surface area contributed by atoms with Gasteiger partial charge in [-0.15, -0.1) is 0 Å². The molecule has 1 aliphatic carbocycles. The van der Waals surface area contributed by atoms with E-state index in [0.29, 0.717) is 11.0 Å². The van der Waals surface area contributed by atoms with Gasteiger partial charge in [-0.3, -0.25) is 0 Å². The van der Waals surface area contributed by atoms with Crippen molar-refractivity contribution < 1.29 is 23.2 Å². The van der Waals surface area contributed by atoms with Crippen LogP contribution in [0.3, 0.4) is 0 Å². The fourth-order valence-corrected chi connectivity index (χ4v) is 5.14. The average molecular weight is 549 g/mol. The molecule has 0 aromatic heterocycles. The second-order valence-corrected chi connectivity index (χ2v) is 11.3. The van der Waals surface area contributed by atoms with E-state index in [2.05, 4.69) is 29.6 Å². The molecular formula is C30H31BClFN2O4. The Morgan fingerprint density at radius 3 is 2.21 bits per heavy atom. The molecule has 2 aliphatic rings. The van der Waals surface area contributed by atoms with Crippen molar-refractivity contribution in [1.82, 2.24) is 5.32 Å². The van der Waals surface area contributed by atoms with E-state index in [1.54, 1.807) is 6.08 Å². The molecule has 0 saturated carbocycles. The van der Waals surface area contributed by atoms with Crippen LogP contribution < -0.4 is 11.1 Å². The molecule has 5 rings (SSSR count). The lowest BCUT2D eigenvalue weighted by Gasteiger charge is -2.32. The molecule has 1 saturated heterocycles. The Labute approximate surface area is 233 Å². The number of carbonyl (C=O) groups excluding carboxylic acids is 1. The summed E-state index contributed by atoms with van der Waals surface area (Å²) in [6.07, 6.45) is 1.06. The first-order valence-corrected chi connectivity index (χ1v) is 13.2. The number of halogens is 2. The molecule has 1 heterocycles. The van der Waals surface area contributed by atoms with Gasteiger partial charge in [0.2, 0.25) is 0 Å². The fourth-order valence-electron chi connectivity index (χ4n) is 4.91. The number of alkyl carbamates (subject to hydrolysis) is 1. The molecule has 0 spiro atoms. The third-order valence-corrected chi connectivity index (χ3v) is 8.12. The number of carbonyl (C=O) groups is 1. The minimum Gasteiger partial charge on any atom is -0.449 e. The molecule has 0 bridgehead atoms. The van der Waals surface area contributed by atoms with Crippen molar-refractivity contribution in [1.29, 1.82) is 0 Å². The van der Waals surface area contributed by atoms with Gasteiger partial charge in [-0.05, 0) is 73.1 Å². The highest BCUT2D eigenvalue weighted by Crippen LogP contribution is 2.44. The van der Waals surface area contributed by atoms with Gasteiger partial charge in [-0.1, -0.05) is 66.2 Å². The molecule has 3 aromatic rings. The second-order valence-electron chi connectivity index (χ2n) is 10.9. The molecule has 3 N–H and O–H groups in total. The van der Waals surface area contributed by atoms with Crippen LogP contribution in [-0.4, -0.2) is 37.6 Å². The molecular weight excluding hydrogens is 518 g/mol. The normalized spacial score (nSPS) is 17.6. The predicted molar refractivity (Wildman–Crippen MR) is 153 cm³/mol. The maximum absolute atomic E-state index is 14.2. The summed E-state index contributed by atoms with van der Waals surface area (Å²) in [5, 5.41) is 3.07. The lowest BCUT2D eigenvalue weighted by molar-refractivity contribution is 0.00578. The van der Waals surface area contributed by atoms with Crippen LogP contribution in [0, 0.1) is 5.82 Å². The van der Waals surface area contributed by atoms with Crippen molar-refractivity contribution in [2.24, 2.45) is 0 Å².